The third-order valence-corrected chi connectivity index (χ3v) is 5.61. The average Bonchev–Trinajstić information content (AvgIpc) is 3.38. The van der Waals surface area contributed by atoms with Gasteiger partial charge in [0, 0.05) is 13.0 Å². The fraction of sp³-hybridized carbons (Fsp3) is 0.478. The highest BCUT2D eigenvalue weighted by Gasteiger charge is 2.41. The molecule has 0 saturated carbocycles. The topological polar surface area (TPSA) is 102 Å². The van der Waals surface area contributed by atoms with E-state index in [4.69, 9.17) is 0 Å². The third-order valence-electron chi connectivity index (χ3n) is 5.61. The molecule has 3 atom stereocenters. The predicted octanol–water partition coefficient (Wildman–Crippen LogP) is 3.35. The minimum Gasteiger partial charge on any atom is -0.344 e. The number of hydrogen-bond donors (Lipinski definition) is 2. The lowest BCUT2D eigenvalue weighted by atomic mass is 10.0. The number of rotatable bonds is 6. The van der Waals surface area contributed by atoms with E-state index in [1.807, 2.05) is 45.0 Å². The summed E-state index contributed by atoms with van der Waals surface area (Å²) in [5.41, 5.74) is 3.07. The maximum Gasteiger partial charge on any atom is 0.246 e. The zero-order valence-corrected chi connectivity index (χ0v) is 18.0. The lowest BCUT2D eigenvalue weighted by molar-refractivity contribution is -0.138. The highest BCUT2D eigenvalue weighted by Crippen LogP contribution is 2.35. The van der Waals surface area contributed by atoms with Gasteiger partial charge in [0.05, 0.1) is 29.9 Å². The molecule has 2 N–H and O–H groups in total. The fourth-order valence-electron chi connectivity index (χ4n) is 3.79. The maximum absolute atomic E-state index is 13.4. The number of nitrogens with zero attached hydrogens (tertiary/aromatic N) is 3. The van der Waals surface area contributed by atoms with Gasteiger partial charge < -0.3 is 15.2 Å². The zero-order chi connectivity index (χ0) is 21.8. The summed E-state index contributed by atoms with van der Waals surface area (Å²) in [6.45, 7) is 7.96. The van der Waals surface area contributed by atoms with Crippen LogP contribution >= 0.6 is 0 Å². The van der Waals surface area contributed by atoms with Crippen molar-refractivity contribution in [1.82, 2.24) is 20.2 Å². The van der Waals surface area contributed by atoms with Gasteiger partial charge in [-0.05, 0) is 24.8 Å². The number of hydrogen-bond acceptors (Lipinski definition) is 4. The quantitative estimate of drug-likeness (QED) is 0.766. The second-order valence-electron chi connectivity index (χ2n) is 8.26. The monoisotopic (exact) mass is 407 g/mol. The highest BCUT2D eigenvalue weighted by atomic mass is 16.2. The summed E-state index contributed by atoms with van der Waals surface area (Å²) in [4.78, 5) is 34.9. The van der Waals surface area contributed by atoms with Crippen LogP contribution in [0.2, 0.25) is 0 Å². The smallest absolute Gasteiger partial charge is 0.246 e. The van der Waals surface area contributed by atoms with Crippen LogP contribution in [0, 0.1) is 30.1 Å². The first kappa shape index (κ1) is 21.6. The van der Waals surface area contributed by atoms with Crippen molar-refractivity contribution in [3.05, 3.63) is 41.9 Å². The van der Waals surface area contributed by atoms with Crippen LogP contribution in [0.4, 0.5) is 0 Å². The van der Waals surface area contributed by atoms with Crippen LogP contribution in [0.5, 0.6) is 0 Å². The van der Waals surface area contributed by atoms with Gasteiger partial charge in [-0.15, -0.1) is 0 Å². The summed E-state index contributed by atoms with van der Waals surface area (Å²) in [5, 5.41) is 12.3. The molecule has 0 unspecified atom stereocenters. The second kappa shape index (κ2) is 9.12. The van der Waals surface area contributed by atoms with Crippen molar-refractivity contribution >= 4 is 11.8 Å². The number of carbonyl (C=O) groups excluding carboxylic acids is 2. The Morgan fingerprint density at radius 2 is 2.03 bits per heavy atom. The molecule has 0 radical (unpaired) electrons. The number of imidazole rings is 1. The van der Waals surface area contributed by atoms with Gasteiger partial charge in [-0.25, -0.2) is 4.98 Å². The van der Waals surface area contributed by atoms with E-state index < -0.39 is 6.04 Å². The molecule has 0 spiro atoms. The Labute approximate surface area is 177 Å². The number of aryl methyl sites for hydroxylation is 1. The van der Waals surface area contributed by atoms with Crippen molar-refractivity contribution in [1.29, 1.82) is 5.26 Å². The molecule has 7 nitrogen and oxygen atoms in total. The highest BCUT2D eigenvalue weighted by molar-refractivity contribution is 5.88. The number of amides is 2. The first-order chi connectivity index (χ1) is 14.3. The lowest BCUT2D eigenvalue weighted by Crippen LogP contribution is -2.51. The van der Waals surface area contributed by atoms with Crippen LogP contribution < -0.4 is 5.32 Å². The molecule has 3 rings (SSSR count). The molecule has 0 aliphatic carbocycles. The van der Waals surface area contributed by atoms with E-state index >= 15 is 0 Å². The Morgan fingerprint density at radius 3 is 2.63 bits per heavy atom. The summed E-state index contributed by atoms with van der Waals surface area (Å²) in [6.07, 6.45) is 2.61. The van der Waals surface area contributed by atoms with E-state index in [0.717, 1.165) is 11.3 Å². The standard InChI is InChI=1S/C23H29N5O2/c1-5-20(29)27-21(14(2)3)23(30)28-13-16(11-24)10-19(28)22-25-12-18(26-22)17-8-6-15(4)7-9-17/h6-9,12,14,16,19,21H,5,10,13H2,1-4H3,(H,25,26)(H,27,29)/t16-,19+,21+/m1/s1. The second-order valence-corrected chi connectivity index (χ2v) is 8.26. The van der Waals surface area contributed by atoms with Gasteiger partial charge in [0.1, 0.15) is 11.9 Å². The van der Waals surface area contributed by atoms with Crippen LogP contribution in [0.15, 0.2) is 30.5 Å². The third kappa shape index (κ3) is 4.54. The Kier molecular flexibility index (Phi) is 6.56. The minimum absolute atomic E-state index is 0.0606. The number of H-pyrrole nitrogens is 1. The van der Waals surface area contributed by atoms with Gasteiger partial charge in [-0.1, -0.05) is 50.6 Å². The molecule has 7 heteroatoms. The van der Waals surface area contributed by atoms with Crippen LogP contribution in [-0.4, -0.2) is 39.3 Å². The van der Waals surface area contributed by atoms with Gasteiger partial charge in [0.25, 0.3) is 0 Å². The van der Waals surface area contributed by atoms with Gasteiger partial charge in [-0.3, -0.25) is 9.59 Å². The summed E-state index contributed by atoms with van der Waals surface area (Å²) in [5.74, 6) is 0.0224. The van der Waals surface area contributed by atoms with Crippen molar-refractivity contribution in [3.8, 4) is 17.3 Å². The zero-order valence-electron chi connectivity index (χ0n) is 18.0. The molecule has 2 aromatic rings. The van der Waals surface area contributed by atoms with E-state index in [9.17, 15) is 14.9 Å². The van der Waals surface area contributed by atoms with E-state index in [2.05, 4.69) is 21.4 Å². The van der Waals surface area contributed by atoms with Gasteiger partial charge in [0.2, 0.25) is 11.8 Å². The molecule has 1 aliphatic heterocycles. The van der Waals surface area contributed by atoms with Gasteiger partial charge in [0.15, 0.2) is 0 Å². The largest absolute Gasteiger partial charge is 0.344 e. The summed E-state index contributed by atoms with van der Waals surface area (Å²) in [7, 11) is 0. The Morgan fingerprint density at radius 1 is 1.33 bits per heavy atom. The molecular formula is C23H29N5O2. The maximum atomic E-state index is 13.4. The predicted molar refractivity (Wildman–Crippen MR) is 114 cm³/mol. The van der Waals surface area contributed by atoms with Crippen molar-refractivity contribution in [2.24, 2.45) is 11.8 Å². The van der Waals surface area contributed by atoms with E-state index in [0.29, 0.717) is 25.2 Å². The van der Waals surface area contributed by atoms with E-state index in [1.54, 1.807) is 18.0 Å². The Balaban J connectivity index is 1.87. The first-order valence-electron chi connectivity index (χ1n) is 10.4. The van der Waals surface area contributed by atoms with Gasteiger partial charge in [-0.2, -0.15) is 5.26 Å². The minimum atomic E-state index is -0.621. The molecular weight excluding hydrogens is 378 g/mol. The molecule has 30 heavy (non-hydrogen) atoms. The Hall–Kier alpha value is -3.14. The molecule has 2 amide bonds. The average molecular weight is 408 g/mol. The normalized spacial score (nSPS) is 19.5. The SMILES string of the molecule is CCC(=O)N[C@H](C(=O)N1C[C@@H](C#N)C[C@H]1c1ncc(-c2ccc(C)cc2)[nH]1)C(C)C. The van der Waals surface area contributed by atoms with Crippen LogP contribution in [0.3, 0.4) is 0 Å². The number of aromatic amines is 1. The number of benzene rings is 1. The summed E-state index contributed by atoms with van der Waals surface area (Å²) in [6, 6.07) is 9.48. The fourth-order valence-corrected chi connectivity index (χ4v) is 3.79. The molecule has 0 bridgehead atoms. The van der Waals surface area contributed by atoms with Crippen LogP contribution in [0.1, 0.15) is 51.0 Å². The van der Waals surface area contributed by atoms with Crippen LogP contribution in [0.25, 0.3) is 11.3 Å². The molecule has 1 aromatic heterocycles. The molecule has 1 aliphatic rings. The number of carbonyl (C=O) groups is 2. The molecule has 158 valence electrons. The van der Waals surface area contributed by atoms with Crippen molar-refractivity contribution in [3.63, 3.8) is 0 Å². The first-order valence-corrected chi connectivity index (χ1v) is 10.4. The van der Waals surface area contributed by atoms with Gasteiger partial charge >= 0.3 is 0 Å². The van der Waals surface area contributed by atoms with E-state index in [1.165, 1.54) is 5.56 Å². The number of nitrogens with one attached hydrogen (secondary N) is 2. The molecule has 1 saturated heterocycles. The number of likely N-dealkylation sites (tertiary alicyclic amines) is 1. The Bertz CT molecular complexity index is 941. The molecule has 1 fully saturated rings. The van der Waals surface area contributed by atoms with Crippen molar-refractivity contribution in [2.45, 2.75) is 52.6 Å². The molecule has 1 aromatic carbocycles. The van der Waals surface area contributed by atoms with Crippen molar-refractivity contribution < 1.29 is 9.59 Å². The lowest BCUT2D eigenvalue weighted by Gasteiger charge is -2.30. The number of nitriles is 1. The van der Waals surface area contributed by atoms with Crippen molar-refractivity contribution in [2.75, 3.05) is 6.54 Å². The summed E-state index contributed by atoms with van der Waals surface area (Å²) >= 11 is 0. The summed E-state index contributed by atoms with van der Waals surface area (Å²) < 4.78 is 0. The molecule has 2 heterocycles. The van der Waals surface area contributed by atoms with Crippen LogP contribution in [-0.2, 0) is 9.59 Å². The van der Waals surface area contributed by atoms with E-state index in [-0.39, 0.29) is 29.7 Å². The number of aromatic nitrogens is 2.